The fraction of sp³-hybridized carbons (Fsp3) is 0.409. The molecule has 2 fully saturated rings. The van der Waals surface area contributed by atoms with Gasteiger partial charge in [0.1, 0.15) is 5.82 Å². The van der Waals surface area contributed by atoms with Gasteiger partial charge in [-0.3, -0.25) is 9.80 Å². The summed E-state index contributed by atoms with van der Waals surface area (Å²) >= 11 is 0. The Morgan fingerprint density at radius 3 is 2.66 bits per heavy atom. The molecule has 2 unspecified atom stereocenters. The molecule has 2 aliphatic rings. The van der Waals surface area contributed by atoms with Gasteiger partial charge in [-0.15, -0.1) is 5.10 Å². The lowest BCUT2D eigenvalue weighted by atomic mass is 10.0. The fourth-order valence-electron chi connectivity index (χ4n) is 4.69. The molecule has 0 spiro atoms. The summed E-state index contributed by atoms with van der Waals surface area (Å²) < 4.78 is 15.5. The van der Waals surface area contributed by atoms with E-state index in [-0.39, 0.29) is 11.9 Å². The van der Waals surface area contributed by atoms with Crippen LogP contribution in [0.25, 0.3) is 0 Å². The molecule has 2 aromatic carbocycles. The van der Waals surface area contributed by atoms with Gasteiger partial charge in [0.05, 0.1) is 12.6 Å². The Bertz CT molecular complexity index is 941. The number of tetrazole rings is 1. The van der Waals surface area contributed by atoms with E-state index in [4.69, 9.17) is 0 Å². The predicted octanol–water partition coefficient (Wildman–Crippen LogP) is 2.73. The van der Waals surface area contributed by atoms with Crippen LogP contribution in [0.15, 0.2) is 54.6 Å². The first-order valence-corrected chi connectivity index (χ1v) is 10.3. The molecule has 5 rings (SSSR count). The highest BCUT2D eigenvalue weighted by Gasteiger charge is 2.36. The molecule has 6 nitrogen and oxygen atoms in total. The van der Waals surface area contributed by atoms with Gasteiger partial charge >= 0.3 is 0 Å². The van der Waals surface area contributed by atoms with Crippen LogP contribution >= 0.6 is 0 Å². The number of nitrogens with zero attached hydrogens (tertiary/aromatic N) is 6. The number of halogens is 1. The molecule has 150 valence electrons. The van der Waals surface area contributed by atoms with E-state index in [1.54, 1.807) is 0 Å². The third-order valence-corrected chi connectivity index (χ3v) is 6.15. The van der Waals surface area contributed by atoms with E-state index in [2.05, 4.69) is 37.5 Å². The Labute approximate surface area is 169 Å². The monoisotopic (exact) mass is 392 g/mol. The van der Waals surface area contributed by atoms with Crippen LogP contribution < -0.4 is 0 Å². The van der Waals surface area contributed by atoms with E-state index in [1.807, 2.05) is 35.0 Å². The first-order valence-electron chi connectivity index (χ1n) is 10.3. The van der Waals surface area contributed by atoms with Crippen LogP contribution in [0.4, 0.5) is 4.39 Å². The third-order valence-electron chi connectivity index (χ3n) is 6.15. The summed E-state index contributed by atoms with van der Waals surface area (Å²) in [6, 6.07) is 17.5. The quantitative estimate of drug-likeness (QED) is 0.668. The second-order valence-electron chi connectivity index (χ2n) is 7.96. The lowest BCUT2D eigenvalue weighted by molar-refractivity contribution is 0.0794. The molecule has 0 bridgehead atoms. The van der Waals surface area contributed by atoms with Crippen molar-refractivity contribution in [3.63, 3.8) is 0 Å². The van der Waals surface area contributed by atoms with E-state index in [0.29, 0.717) is 12.6 Å². The van der Waals surface area contributed by atoms with Crippen molar-refractivity contribution in [3.05, 3.63) is 77.4 Å². The maximum atomic E-state index is 13.6. The summed E-state index contributed by atoms with van der Waals surface area (Å²) in [5, 5.41) is 12.7. The first kappa shape index (κ1) is 18.4. The van der Waals surface area contributed by atoms with Gasteiger partial charge in [0.25, 0.3) is 0 Å². The van der Waals surface area contributed by atoms with Gasteiger partial charge in [-0.1, -0.05) is 42.5 Å². The summed E-state index contributed by atoms with van der Waals surface area (Å²) in [5.41, 5.74) is 2.18. The molecular weight excluding hydrogens is 367 g/mol. The van der Waals surface area contributed by atoms with Crippen LogP contribution in [0.2, 0.25) is 0 Å². The van der Waals surface area contributed by atoms with E-state index < -0.39 is 0 Å². The molecule has 3 heterocycles. The highest BCUT2D eigenvalue weighted by atomic mass is 19.1. The van der Waals surface area contributed by atoms with E-state index >= 15 is 0 Å². The summed E-state index contributed by atoms with van der Waals surface area (Å²) in [4.78, 5) is 5.05. The topological polar surface area (TPSA) is 50.1 Å². The molecule has 2 saturated heterocycles. The largest absolute Gasteiger partial charge is 0.298 e. The maximum Gasteiger partial charge on any atom is 0.173 e. The molecule has 0 N–H and O–H groups in total. The lowest BCUT2D eigenvalue weighted by Gasteiger charge is -2.41. The summed E-state index contributed by atoms with van der Waals surface area (Å²) in [6.07, 6.45) is 2.51. The van der Waals surface area contributed by atoms with Gasteiger partial charge in [0, 0.05) is 25.7 Å². The number of fused-ring (bicyclic) bond motifs is 1. The summed E-state index contributed by atoms with van der Waals surface area (Å²) in [6.45, 7) is 4.81. The molecule has 7 heteroatoms. The van der Waals surface area contributed by atoms with Crippen molar-refractivity contribution in [2.24, 2.45) is 0 Å². The molecular formula is C22H25FN6. The minimum absolute atomic E-state index is 0.0861. The predicted molar refractivity (Wildman–Crippen MR) is 108 cm³/mol. The Hall–Kier alpha value is -2.64. The Morgan fingerprint density at radius 1 is 1.00 bits per heavy atom. The summed E-state index contributed by atoms with van der Waals surface area (Å²) in [5.74, 6) is 0.587. The second-order valence-corrected chi connectivity index (χ2v) is 7.96. The van der Waals surface area contributed by atoms with Crippen LogP contribution in [0, 0.1) is 5.82 Å². The van der Waals surface area contributed by atoms with Gasteiger partial charge in [-0.25, -0.2) is 9.07 Å². The van der Waals surface area contributed by atoms with Gasteiger partial charge in [0.2, 0.25) is 0 Å². The number of hydrogen-bond acceptors (Lipinski definition) is 5. The highest BCUT2D eigenvalue weighted by Crippen LogP contribution is 2.32. The number of hydrogen-bond donors (Lipinski definition) is 0. The van der Waals surface area contributed by atoms with Gasteiger partial charge in [-0.2, -0.15) is 0 Å². The van der Waals surface area contributed by atoms with E-state index in [1.165, 1.54) is 31.5 Å². The van der Waals surface area contributed by atoms with Crippen molar-refractivity contribution in [1.82, 2.24) is 30.0 Å². The Morgan fingerprint density at radius 2 is 1.83 bits per heavy atom. The highest BCUT2D eigenvalue weighted by molar-refractivity contribution is 5.26. The molecule has 1 aromatic heterocycles. The van der Waals surface area contributed by atoms with Gasteiger partial charge in [-0.05, 0) is 53.1 Å². The Kier molecular flexibility index (Phi) is 5.08. The molecule has 3 aromatic rings. The summed E-state index contributed by atoms with van der Waals surface area (Å²) in [7, 11) is 0. The molecule has 0 saturated carbocycles. The molecule has 0 amide bonds. The molecule has 0 radical (unpaired) electrons. The fourth-order valence-corrected chi connectivity index (χ4v) is 4.69. The van der Waals surface area contributed by atoms with Crippen LogP contribution in [-0.4, -0.2) is 62.2 Å². The van der Waals surface area contributed by atoms with E-state index in [9.17, 15) is 4.39 Å². The SMILES string of the molecule is Fc1ccc(C(c2nnnn2Cc2ccccc2)N2CCN3CCCC3C2)cc1. The minimum atomic E-state index is -0.225. The average Bonchev–Trinajstić information content (AvgIpc) is 3.40. The number of rotatable bonds is 5. The van der Waals surface area contributed by atoms with Crippen molar-refractivity contribution in [2.45, 2.75) is 31.5 Å². The Balaban J connectivity index is 1.49. The zero-order valence-corrected chi connectivity index (χ0v) is 16.4. The van der Waals surface area contributed by atoms with Crippen LogP contribution in [0.3, 0.4) is 0 Å². The zero-order valence-electron chi connectivity index (χ0n) is 16.4. The first-order chi connectivity index (χ1) is 14.3. The van der Waals surface area contributed by atoms with Crippen LogP contribution in [0.1, 0.15) is 35.8 Å². The van der Waals surface area contributed by atoms with Crippen molar-refractivity contribution in [2.75, 3.05) is 26.2 Å². The molecule has 2 aliphatic heterocycles. The van der Waals surface area contributed by atoms with Gasteiger partial charge in [0.15, 0.2) is 5.82 Å². The van der Waals surface area contributed by atoms with Crippen LogP contribution in [0.5, 0.6) is 0 Å². The van der Waals surface area contributed by atoms with Crippen molar-refractivity contribution in [1.29, 1.82) is 0 Å². The van der Waals surface area contributed by atoms with Crippen molar-refractivity contribution in [3.8, 4) is 0 Å². The molecule has 29 heavy (non-hydrogen) atoms. The number of benzene rings is 2. The third kappa shape index (κ3) is 3.80. The lowest BCUT2D eigenvalue weighted by Crippen LogP contribution is -2.51. The number of aromatic nitrogens is 4. The smallest absolute Gasteiger partial charge is 0.173 e. The zero-order chi connectivity index (χ0) is 19.6. The maximum absolute atomic E-state index is 13.6. The van der Waals surface area contributed by atoms with Crippen molar-refractivity contribution < 1.29 is 4.39 Å². The molecule has 0 aliphatic carbocycles. The standard InChI is InChI=1S/C22H25FN6/c23-19-10-8-18(9-11-19)21(28-14-13-27-12-4-7-20(27)16-28)22-24-25-26-29(22)15-17-5-2-1-3-6-17/h1-3,5-6,8-11,20-21H,4,7,12-16H2. The van der Waals surface area contributed by atoms with Crippen molar-refractivity contribution >= 4 is 0 Å². The average molecular weight is 392 g/mol. The number of piperazine rings is 1. The van der Waals surface area contributed by atoms with Gasteiger partial charge < -0.3 is 0 Å². The second kappa shape index (κ2) is 8.00. The molecule has 2 atom stereocenters. The normalized spacial score (nSPS) is 21.2. The minimum Gasteiger partial charge on any atom is -0.298 e. The van der Waals surface area contributed by atoms with E-state index in [0.717, 1.165) is 36.6 Å². The van der Waals surface area contributed by atoms with Crippen LogP contribution in [-0.2, 0) is 6.54 Å².